The normalized spacial score (nSPS) is 13.3. The molecule has 0 unspecified atom stereocenters. The van der Waals surface area contributed by atoms with Crippen LogP contribution in [-0.2, 0) is 107 Å². The van der Waals surface area contributed by atoms with E-state index in [0.29, 0.717) is 50.9 Å². The molecule has 0 atom stereocenters. The van der Waals surface area contributed by atoms with Gasteiger partial charge >= 0.3 is 51.9 Å². The minimum absolute atomic E-state index is 0. The van der Waals surface area contributed by atoms with Crippen molar-refractivity contribution in [3.05, 3.63) is 107 Å². The van der Waals surface area contributed by atoms with E-state index < -0.39 is 73.3 Å². The molecule has 5 aromatic rings. The predicted octanol–water partition coefficient (Wildman–Crippen LogP) is 15.8. The van der Waals surface area contributed by atoms with Crippen molar-refractivity contribution < 1.29 is 110 Å². The molecule has 37 nitrogen and oxygen atoms in total. The van der Waals surface area contributed by atoms with Gasteiger partial charge in [0.25, 0.3) is 0 Å². The molecule has 0 bridgehead atoms. The molecule has 6 amide bonds. The Labute approximate surface area is 745 Å². The lowest BCUT2D eigenvalue weighted by atomic mass is 10.1. The number of pyridine rings is 5. The smallest absolute Gasteiger partial charge is 0.444 e. The van der Waals surface area contributed by atoms with E-state index in [2.05, 4.69) is 104 Å². The Hall–Kier alpha value is -10.0. The number of aromatic nitrogens is 5. The average Bonchev–Trinajstić information content (AvgIpc) is 1.15. The van der Waals surface area contributed by atoms with Crippen LogP contribution in [0.4, 0.5) is 46.2 Å². The van der Waals surface area contributed by atoms with Crippen molar-refractivity contribution in [2.24, 2.45) is 5.73 Å². The molecule has 0 aromatic carbocycles. The zero-order valence-corrected chi connectivity index (χ0v) is 80.1. The SMILES string of the molecule is CC(C)(C)OC(=O)N1CCCC1=O.CC(C)(C)OC(=O)NCCCc1ccc2c(n1)NCCC2.CC(C)(C)OC(=O)NCCCc1ccc2cccnc2n1.CC(C)(C)OC(=O)OC(=O)OC(C)(C)C.COP(=O)(CC(=O)CCCNC(=O)OC(C)(C)C)OC.COP(C)(=O)OC.NCCCc1ccc2c(n1)NCCC2.Nc1ncccc1C=O.O=C1CCCN1.[HH]. The van der Waals surface area contributed by atoms with Gasteiger partial charge in [-0.2, -0.15) is 0 Å². The van der Waals surface area contributed by atoms with Crippen molar-refractivity contribution in [2.45, 2.75) is 261 Å². The fourth-order valence-corrected chi connectivity index (χ4v) is 11.4. The highest BCUT2D eigenvalue weighted by atomic mass is 31.2. The van der Waals surface area contributed by atoms with Crippen molar-refractivity contribution in [3.8, 4) is 0 Å². The van der Waals surface area contributed by atoms with Crippen LogP contribution in [0, 0.1) is 0 Å². The Morgan fingerprint density at radius 2 is 0.929 bits per heavy atom. The van der Waals surface area contributed by atoms with Gasteiger partial charge in [-0.1, -0.05) is 12.1 Å². The van der Waals surface area contributed by atoms with Crippen LogP contribution in [-0.4, -0.2) is 218 Å². The quantitative estimate of drug-likeness (QED) is 0.00796. The maximum Gasteiger partial charge on any atom is 0.519 e. The number of ether oxygens (including phenoxy) is 7. The highest BCUT2D eigenvalue weighted by molar-refractivity contribution is 7.54. The molecule has 126 heavy (non-hydrogen) atoms. The van der Waals surface area contributed by atoms with Crippen molar-refractivity contribution in [2.75, 3.05) is 110 Å². The molecule has 10 N–H and O–H groups in total. The molecule has 2 saturated heterocycles. The first-order valence-corrected chi connectivity index (χ1v) is 45.6. The number of anilines is 3. The largest absolute Gasteiger partial charge is 0.519 e. The average molecular weight is 1820 g/mol. The zero-order chi connectivity index (χ0) is 95.6. The molecule has 0 spiro atoms. The Bertz CT molecular complexity index is 4250. The van der Waals surface area contributed by atoms with E-state index in [1.54, 1.807) is 108 Å². The van der Waals surface area contributed by atoms with Crippen LogP contribution >= 0.6 is 15.2 Å². The summed E-state index contributed by atoms with van der Waals surface area (Å²) in [6.45, 7) is 38.8. The second kappa shape index (κ2) is 57.6. The summed E-state index contributed by atoms with van der Waals surface area (Å²) >= 11 is 0. The minimum atomic E-state index is -3.29. The Kier molecular flexibility index (Phi) is 52.1. The number of nitrogens with two attached hydrogens (primary N) is 2. The first kappa shape index (κ1) is 114. The summed E-state index contributed by atoms with van der Waals surface area (Å²) in [5, 5.41) is 18.4. The van der Waals surface area contributed by atoms with Crippen molar-refractivity contribution >= 4 is 104 Å². The van der Waals surface area contributed by atoms with Gasteiger partial charge in [-0.05, 0) is 274 Å². The van der Waals surface area contributed by atoms with E-state index in [1.165, 1.54) is 64.0 Å². The number of carbonyl (C=O) groups is 10. The topological polar surface area (TPSA) is 498 Å². The fraction of sp³-hybridized carbons (Fsp3) is 0.621. The van der Waals surface area contributed by atoms with Crippen LogP contribution in [0.3, 0.4) is 0 Å². The van der Waals surface area contributed by atoms with Crippen LogP contribution in [0.5, 0.6) is 0 Å². The van der Waals surface area contributed by atoms with E-state index in [0.717, 1.165) is 137 Å². The lowest BCUT2D eigenvalue weighted by molar-refractivity contribution is -0.127. The molecule has 710 valence electrons. The maximum absolute atomic E-state index is 11.7. The van der Waals surface area contributed by atoms with Crippen LogP contribution in [0.15, 0.2) is 73.1 Å². The lowest BCUT2D eigenvalue weighted by Crippen LogP contribution is -2.37. The van der Waals surface area contributed by atoms with Gasteiger partial charge in [-0.15, -0.1) is 0 Å². The maximum atomic E-state index is 11.7. The van der Waals surface area contributed by atoms with Crippen LogP contribution in [0.1, 0.15) is 235 Å². The number of rotatable bonds is 22. The second-order valence-electron chi connectivity index (χ2n) is 34.5. The number of alkyl carbamates (subject to hydrolysis) is 3. The number of aldehydes is 1. The minimum Gasteiger partial charge on any atom is -0.444 e. The summed E-state index contributed by atoms with van der Waals surface area (Å²) in [5.74, 6) is 2.24. The third-order valence-electron chi connectivity index (χ3n) is 16.0. The third-order valence-corrected chi connectivity index (χ3v) is 19.2. The summed E-state index contributed by atoms with van der Waals surface area (Å²) in [5.41, 5.74) is 14.4. The molecule has 0 radical (unpaired) electrons. The summed E-state index contributed by atoms with van der Waals surface area (Å²) in [4.78, 5) is 133. The standard InChI is InChI=1S/C16H25N3O2.C16H21N3O2.C12H24NO6P.C11H17N3.C10H18O5.C9H15NO3.C6H6N2O.C4H7NO.C3H9O3P.H2/c2*1-16(2,3)21-15(20)18-11-5-7-13-9-8-12-6-4-10-17-14(12)19-13;1-12(2,3)19-11(15)13-8-6-7-10(14)9-20(16,17-4)18-5;12-7-1-4-10-6-5-9-3-2-8-13-11(9)14-10;1-9(2,3)14-7(11)13-8(12)15-10(4,5)6;1-9(2,3)13-8(12)10-6-4-5-7(10)11;7-6-5(4-9)2-1-3-8-6;6-4-2-1-3-5-4;1-5-7(3,4)6-2;/h8-9H,4-7,10-11H2,1-3H3,(H,17,19)(H,18,20);4,6,8-10H,5,7,11H2,1-3H3,(H,18,20);6-9H2,1-5H3,(H,13,15);5-6H,1-4,7-8,12H2,(H,13,14);1-6H3;4-6H2,1-3H3;1-4H,(H2,7,8);1-3H2,(H,5,6);1-3H3;1H. The summed E-state index contributed by atoms with van der Waals surface area (Å²) < 4.78 is 74.7. The van der Waals surface area contributed by atoms with Gasteiger partial charge < -0.3 is 94.6 Å². The zero-order valence-electron chi connectivity index (χ0n) is 78.3. The second-order valence-corrected chi connectivity index (χ2v) is 39.1. The van der Waals surface area contributed by atoms with E-state index in [4.69, 9.17) is 39.9 Å². The van der Waals surface area contributed by atoms with Crippen LogP contribution < -0.4 is 43.4 Å². The van der Waals surface area contributed by atoms with Crippen LogP contribution in [0.2, 0.25) is 0 Å². The van der Waals surface area contributed by atoms with E-state index in [9.17, 15) is 57.1 Å². The van der Waals surface area contributed by atoms with Gasteiger partial charge in [-0.3, -0.25) is 28.3 Å². The number of hydrogen-bond acceptors (Lipinski definition) is 32. The molecular formula is C87H144N14O23P2. The molecule has 39 heteroatoms. The number of aryl methyl sites for hydroxylation is 5. The number of hydrogen-bond donors (Lipinski definition) is 8. The Morgan fingerprint density at radius 3 is 1.30 bits per heavy atom. The Balaban J connectivity index is 0.00000144. The van der Waals surface area contributed by atoms with Crippen LogP contribution in [0.25, 0.3) is 11.0 Å². The number of nitrogens with zero attached hydrogens (tertiary/aromatic N) is 6. The monoisotopic (exact) mass is 1820 g/mol. The van der Waals surface area contributed by atoms with Gasteiger partial charge in [0.05, 0.1) is 5.56 Å². The Morgan fingerprint density at radius 1 is 0.508 bits per heavy atom. The highest BCUT2D eigenvalue weighted by Crippen LogP contribution is 2.46. The number of imide groups is 1. The molecule has 4 aliphatic rings. The number of fused-ring (bicyclic) bond motifs is 3. The van der Waals surface area contributed by atoms with Crippen molar-refractivity contribution in [1.82, 2.24) is 51.1 Å². The van der Waals surface area contributed by atoms with E-state index >= 15 is 0 Å². The van der Waals surface area contributed by atoms with Gasteiger partial charge in [-0.25, -0.2) is 58.6 Å². The first-order chi connectivity index (χ1) is 58.6. The number of Topliss-reactive ketones (excluding diaryl/α,β-unsaturated/α-hetero) is 1. The molecule has 2 fully saturated rings. The summed E-state index contributed by atoms with van der Waals surface area (Å²) in [6, 6.07) is 19.8. The molecule has 4 aliphatic heterocycles. The fourth-order valence-electron chi connectivity index (χ4n) is 10.2. The van der Waals surface area contributed by atoms with Crippen molar-refractivity contribution in [3.63, 3.8) is 0 Å². The van der Waals surface area contributed by atoms with E-state index in [-0.39, 0.29) is 49.6 Å². The van der Waals surface area contributed by atoms with Gasteiger partial charge in [0, 0.05) is 136 Å². The number of likely N-dealkylation sites (tertiary alicyclic amines) is 1. The molecular weight excluding hydrogens is 1670 g/mol. The van der Waals surface area contributed by atoms with Gasteiger partial charge in [0.15, 0.2) is 11.9 Å². The van der Waals surface area contributed by atoms with Gasteiger partial charge in [0.1, 0.15) is 63.0 Å². The highest BCUT2D eigenvalue weighted by Gasteiger charge is 2.31. The lowest BCUT2D eigenvalue weighted by Gasteiger charge is -2.23. The molecule has 0 saturated carbocycles. The van der Waals surface area contributed by atoms with Gasteiger partial charge in [0.2, 0.25) is 11.8 Å². The van der Waals surface area contributed by atoms with E-state index in [1.807, 2.05) is 65.8 Å². The number of carbonyl (C=O) groups excluding carboxylic acids is 10. The molecule has 0 aliphatic carbocycles. The molecule has 9 rings (SSSR count). The third kappa shape index (κ3) is 56.8. The van der Waals surface area contributed by atoms with Crippen molar-refractivity contribution in [1.29, 1.82) is 0 Å². The number of ketones is 1. The summed E-state index contributed by atoms with van der Waals surface area (Å²) in [7, 11) is -0.770. The number of nitrogen functional groups attached to an aromatic ring is 1. The first-order valence-electron chi connectivity index (χ1n) is 41.9. The predicted molar refractivity (Wildman–Crippen MR) is 486 cm³/mol. The number of amides is 6. The number of nitrogens with one attached hydrogen (secondary N) is 6. The molecule has 5 aromatic heterocycles. The summed E-state index contributed by atoms with van der Waals surface area (Å²) in [6.07, 6.45) is 13.4. The molecule has 9 heterocycles.